The molecule has 0 radical (unpaired) electrons. The SMILES string of the molecule is COCC=Cc1ccc(CN2CCN(C(=O)O)CC2)cc1. The summed E-state index contributed by atoms with van der Waals surface area (Å²) in [5, 5.41) is 8.93. The van der Waals surface area contributed by atoms with Gasteiger partial charge in [0.25, 0.3) is 0 Å². The highest BCUT2D eigenvalue weighted by atomic mass is 16.5. The van der Waals surface area contributed by atoms with Crippen LogP contribution in [0.15, 0.2) is 30.3 Å². The van der Waals surface area contributed by atoms with E-state index in [9.17, 15) is 4.79 Å². The van der Waals surface area contributed by atoms with Gasteiger partial charge in [0.2, 0.25) is 0 Å². The van der Waals surface area contributed by atoms with E-state index < -0.39 is 6.09 Å². The molecule has 5 heteroatoms. The predicted molar refractivity (Wildman–Crippen MR) is 82.2 cm³/mol. The highest BCUT2D eigenvalue weighted by Crippen LogP contribution is 2.11. The molecular formula is C16H22N2O3. The summed E-state index contributed by atoms with van der Waals surface area (Å²) in [7, 11) is 1.68. The minimum atomic E-state index is -0.818. The van der Waals surface area contributed by atoms with Crippen LogP contribution in [0.5, 0.6) is 0 Å². The van der Waals surface area contributed by atoms with Crippen molar-refractivity contribution < 1.29 is 14.6 Å². The number of rotatable bonds is 5. The maximum Gasteiger partial charge on any atom is 0.407 e. The molecule has 114 valence electrons. The second kappa shape index (κ2) is 7.81. The number of amides is 1. The molecule has 1 aromatic rings. The lowest BCUT2D eigenvalue weighted by molar-refractivity contribution is 0.103. The molecule has 1 N–H and O–H groups in total. The minimum Gasteiger partial charge on any atom is -0.465 e. The van der Waals surface area contributed by atoms with Gasteiger partial charge in [-0.15, -0.1) is 0 Å². The zero-order valence-corrected chi connectivity index (χ0v) is 12.4. The third-order valence-corrected chi connectivity index (χ3v) is 3.60. The molecule has 0 aliphatic carbocycles. The number of carbonyl (C=O) groups is 1. The molecule has 1 aliphatic rings. The third kappa shape index (κ3) is 4.88. The van der Waals surface area contributed by atoms with Gasteiger partial charge in [-0.05, 0) is 11.1 Å². The second-order valence-corrected chi connectivity index (χ2v) is 5.15. The molecule has 0 spiro atoms. The molecule has 2 rings (SSSR count). The maximum atomic E-state index is 10.9. The van der Waals surface area contributed by atoms with Crippen LogP contribution in [0, 0.1) is 0 Å². The fourth-order valence-corrected chi connectivity index (χ4v) is 2.37. The van der Waals surface area contributed by atoms with E-state index in [1.165, 1.54) is 10.5 Å². The molecule has 0 atom stereocenters. The Hall–Kier alpha value is -1.85. The van der Waals surface area contributed by atoms with E-state index in [2.05, 4.69) is 29.2 Å². The Kier molecular flexibility index (Phi) is 5.78. The largest absolute Gasteiger partial charge is 0.465 e. The predicted octanol–water partition coefficient (Wildman–Crippen LogP) is 2.14. The summed E-state index contributed by atoms with van der Waals surface area (Å²) in [4.78, 5) is 14.6. The quantitative estimate of drug-likeness (QED) is 0.902. The number of piperazine rings is 1. The number of benzene rings is 1. The number of ether oxygens (including phenoxy) is 1. The van der Waals surface area contributed by atoms with E-state index in [-0.39, 0.29) is 0 Å². The Morgan fingerprint density at radius 1 is 1.24 bits per heavy atom. The van der Waals surface area contributed by atoms with Gasteiger partial charge in [-0.25, -0.2) is 4.79 Å². The zero-order valence-electron chi connectivity index (χ0n) is 12.4. The molecule has 0 saturated carbocycles. The highest BCUT2D eigenvalue weighted by Gasteiger charge is 2.19. The highest BCUT2D eigenvalue weighted by molar-refractivity contribution is 5.65. The lowest BCUT2D eigenvalue weighted by atomic mass is 10.1. The minimum absolute atomic E-state index is 0.590. The van der Waals surface area contributed by atoms with Gasteiger partial charge in [0, 0.05) is 39.8 Å². The summed E-state index contributed by atoms with van der Waals surface area (Å²) >= 11 is 0. The van der Waals surface area contributed by atoms with Crippen LogP contribution in [0.2, 0.25) is 0 Å². The first-order valence-electron chi connectivity index (χ1n) is 7.13. The summed E-state index contributed by atoms with van der Waals surface area (Å²) in [6, 6.07) is 8.43. The van der Waals surface area contributed by atoms with Gasteiger partial charge in [0.05, 0.1) is 6.61 Å². The second-order valence-electron chi connectivity index (χ2n) is 5.15. The normalized spacial score (nSPS) is 16.5. The maximum absolute atomic E-state index is 10.9. The fraction of sp³-hybridized carbons (Fsp3) is 0.438. The van der Waals surface area contributed by atoms with Gasteiger partial charge in [0.15, 0.2) is 0 Å². The Morgan fingerprint density at radius 3 is 2.48 bits per heavy atom. The van der Waals surface area contributed by atoms with Crippen LogP contribution >= 0.6 is 0 Å². The molecule has 5 nitrogen and oxygen atoms in total. The molecular weight excluding hydrogens is 268 g/mol. The molecule has 1 saturated heterocycles. The monoisotopic (exact) mass is 290 g/mol. The molecule has 21 heavy (non-hydrogen) atoms. The van der Waals surface area contributed by atoms with E-state index in [0.29, 0.717) is 19.7 Å². The van der Waals surface area contributed by atoms with Crippen LogP contribution in [-0.2, 0) is 11.3 Å². The lowest BCUT2D eigenvalue weighted by Crippen LogP contribution is -2.47. The summed E-state index contributed by atoms with van der Waals surface area (Å²) in [6.07, 6.45) is 3.21. The molecule has 0 aromatic heterocycles. The first kappa shape index (κ1) is 15.5. The number of nitrogens with zero attached hydrogens (tertiary/aromatic N) is 2. The van der Waals surface area contributed by atoms with E-state index in [1.807, 2.05) is 12.2 Å². The fourth-order valence-electron chi connectivity index (χ4n) is 2.37. The zero-order chi connectivity index (χ0) is 15.1. The van der Waals surface area contributed by atoms with Crippen molar-refractivity contribution in [3.8, 4) is 0 Å². The molecule has 1 fully saturated rings. The van der Waals surface area contributed by atoms with Gasteiger partial charge in [0.1, 0.15) is 0 Å². The van der Waals surface area contributed by atoms with Crippen LogP contribution in [0.1, 0.15) is 11.1 Å². The van der Waals surface area contributed by atoms with Gasteiger partial charge < -0.3 is 14.7 Å². The Labute approximate surface area is 125 Å². The van der Waals surface area contributed by atoms with Crippen LogP contribution in [0.3, 0.4) is 0 Å². The Balaban J connectivity index is 1.82. The Morgan fingerprint density at radius 2 is 1.90 bits per heavy atom. The van der Waals surface area contributed by atoms with E-state index in [1.54, 1.807) is 7.11 Å². The van der Waals surface area contributed by atoms with Crippen molar-refractivity contribution in [3.05, 3.63) is 41.5 Å². The van der Waals surface area contributed by atoms with Crippen molar-refractivity contribution in [3.63, 3.8) is 0 Å². The lowest BCUT2D eigenvalue weighted by Gasteiger charge is -2.33. The van der Waals surface area contributed by atoms with Crippen molar-refractivity contribution in [1.29, 1.82) is 0 Å². The van der Waals surface area contributed by atoms with Gasteiger partial charge in [-0.1, -0.05) is 36.4 Å². The standard InChI is InChI=1S/C16H22N2O3/c1-21-12-2-3-14-4-6-15(7-5-14)13-17-8-10-18(11-9-17)16(19)20/h2-7H,8-13H2,1H3,(H,19,20). The number of carboxylic acid groups (broad SMARTS) is 1. The van der Waals surface area contributed by atoms with Crippen molar-refractivity contribution in [2.45, 2.75) is 6.54 Å². The molecule has 1 aliphatic heterocycles. The average Bonchev–Trinajstić information content (AvgIpc) is 2.50. The van der Waals surface area contributed by atoms with Crippen LogP contribution in [0.25, 0.3) is 6.08 Å². The average molecular weight is 290 g/mol. The molecule has 1 amide bonds. The third-order valence-electron chi connectivity index (χ3n) is 3.60. The van der Waals surface area contributed by atoms with Crippen molar-refractivity contribution in [1.82, 2.24) is 9.80 Å². The first-order chi connectivity index (χ1) is 10.2. The van der Waals surface area contributed by atoms with Gasteiger partial charge in [-0.2, -0.15) is 0 Å². The molecule has 0 unspecified atom stereocenters. The summed E-state index contributed by atoms with van der Waals surface area (Å²) in [5.74, 6) is 0. The Bertz CT molecular complexity index is 477. The van der Waals surface area contributed by atoms with Crippen molar-refractivity contribution >= 4 is 12.2 Å². The molecule has 1 aromatic carbocycles. The van der Waals surface area contributed by atoms with Crippen LogP contribution in [0.4, 0.5) is 4.79 Å². The molecule has 1 heterocycles. The number of hydrogen-bond acceptors (Lipinski definition) is 3. The number of methoxy groups -OCH3 is 1. The van der Waals surface area contributed by atoms with Crippen LogP contribution < -0.4 is 0 Å². The van der Waals surface area contributed by atoms with Crippen molar-refractivity contribution in [2.75, 3.05) is 39.9 Å². The summed E-state index contributed by atoms with van der Waals surface area (Å²) in [5.41, 5.74) is 2.41. The van der Waals surface area contributed by atoms with E-state index in [0.717, 1.165) is 25.2 Å². The van der Waals surface area contributed by atoms with Crippen LogP contribution in [-0.4, -0.2) is 60.9 Å². The summed E-state index contributed by atoms with van der Waals surface area (Å²) in [6.45, 7) is 4.26. The van der Waals surface area contributed by atoms with E-state index in [4.69, 9.17) is 9.84 Å². The topological polar surface area (TPSA) is 53.0 Å². The van der Waals surface area contributed by atoms with E-state index >= 15 is 0 Å². The van der Waals surface area contributed by atoms with Crippen molar-refractivity contribution in [2.24, 2.45) is 0 Å². The smallest absolute Gasteiger partial charge is 0.407 e. The first-order valence-corrected chi connectivity index (χ1v) is 7.13. The summed E-state index contributed by atoms with van der Waals surface area (Å²) < 4.78 is 4.97. The molecule has 0 bridgehead atoms. The number of hydrogen-bond donors (Lipinski definition) is 1. The van der Waals surface area contributed by atoms with Gasteiger partial charge >= 0.3 is 6.09 Å². The van der Waals surface area contributed by atoms with Gasteiger partial charge in [-0.3, -0.25) is 4.90 Å².